The molecule has 0 aliphatic carbocycles. The molecule has 128 valence electrons. The summed E-state index contributed by atoms with van der Waals surface area (Å²) in [5.74, 6) is 1.36. The third kappa shape index (κ3) is 4.24. The van der Waals surface area contributed by atoms with Crippen molar-refractivity contribution in [1.82, 2.24) is 5.16 Å². The Morgan fingerprint density at radius 1 is 1.16 bits per heavy atom. The van der Waals surface area contributed by atoms with E-state index in [9.17, 15) is 4.79 Å². The molecule has 0 aliphatic heterocycles. The van der Waals surface area contributed by atoms with Crippen molar-refractivity contribution in [2.24, 2.45) is 0 Å². The molecule has 3 aromatic rings. The molecule has 0 atom stereocenters. The van der Waals surface area contributed by atoms with Gasteiger partial charge in [0.15, 0.2) is 0 Å². The van der Waals surface area contributed by atoms with Crippen molar-refractivity contribution in [3.63, 3.8) is 0 Å². The molecule has 0 saturated carbocycles. The zero-order chi connectivity index (χ0) is 17.8. The number of halogens is 1. The average molecular weight is 373 g/mol. The van der Waals surface area contributed by atoms with E-state index in [1.54, 1.807) is 36.0 Å². The topological polar surface area (TPSA) is 55.1 Å². The van der Waals surface area contributed by atoms with Crippen molar-refractivity contribution in [3.8, 4) is 0 Å². The summed E-state index contributed by atoms with van der Waals surface area (Å²) in [7, 11) is 0. The number of benzene rings is 2. The van der Waals surface area contributed by atoms with Gasteiger partial charge in [-0.25, -0.2) is 0 Å². The predicted molar refractivity (Wildman–Crippen MR) is 101 cm³/mol. The number of carbonyl (C=O) groups is 1. The Labute approximate surface area is 155 Å². The highest BCUT2D eigenvalue weighted by Gasteiger charge is 2.14. The Balaban J connectivity index is 1.76. The largest absolute Gasteiger partial charge is 0.361 e. The van der Waals surface area contributed by atoms with Crippen LogP contribution in [0.4, 0.5) is 5.69 Å². The van der Waals surface area contributed by atoms with Gasteiger partial charge in [0, 0.05) is 26.9 Å². The maximum Gasteiger partial charge on any atom is 0.256 e. The van der Waals surface area contributed by atoms with E-state index in [1.807, 2.05) is 38.1 Å². The molecule has 1 aromatic heterocycles. The molecule has 4 nitrogen and oxygen atoms in total. The Bertz CT molecular complexity index is 871. The molecule has 6 heteroatoms. The Hall–Kier alpha value is -2.24. The number of aromatic nitrogens is 1. The van der Waals surface area contributed by atoms with Crippen LogP contribution in [-0.2, 0) is 5.75 Å². The lowest BCUT2D eigenvalue weighted by molar-refractivity contribution is 0.102. The van der Waals surface area contributed by atoms with E-state index >= 15 is 0 Å². The molecule has 0 spiro atoms. The summed E-state index contributed by atoms with van der Waals surface area (Å²) in [5, 5.41) is 7.50. The number of aryl methyl sites for hydroxylation is 2. The predicted octanol–water partition coefficient (Wildman–Crippen LogP) is 5.49. The number of nitrogens with one attached hydrogen (secondary N) is 1. The van der Waals surface area contributed by atoms with Crippen molar-refractivity contribution in [2.45, 2.75) is 24.5 Å². The highest BCUT2D eigenvalue weighted by atomic mass is 35.5. The first kappa shape index (κ1) is 17.6. The van der Waals surface area contributed by atoms with Crippen LogP contribution in [0.15, 0.2) is 57.9 Å². The van der Waals surface area contributed by atoms with Crippen LogP contribution in [0, 0.1) is 13.8 Å². The molecule has 1 N–H and O–H groups in total. The summed E-state index contributed by atoms with van der Waals surface area (Å²) < 4.78 is 5.20. The third-order valence-corrected chi connectivity index (χ3v) is 5.14. The van der Waals surface area contributed by atoms with E-state index in [0.717, 1.165) is 21.9 Å². The van der Waals surface area contributed by atoms with Gasteiger partial charge in [-0.05, 0) is 50.2 Å². The molecule has 0 saturated heterocycles. The number of rotatable bonds is 5. The van der Waals surface area contributed by atoms with Gasteiger partial charge in [-0.15, -0.1) is 11.8 Å². The lowest BCUT2D eigenvalue weighted by Crippen LogP contribution is -2.12. The molecule has 2 aromatic carbocycles. The second-order valence-corrected chi connectivity index (χ2v) is 7.00. The number of carbonyl (C=O) groups excluding carboxylic acids is 1. The van der Waals surface area contributed by atoms with Crippen molar-refractivity contribution in [3.05, 3.63) is 76.1 Å². The fraction of sp³-hybridized carbons (Fsp3) is 0.158. The van der Waals surface area contributed by atoms with Gasteiger partial charge in [-0.1, -0.05) is 28.9 Å². The van der Waals surface area contributed by atoms with Crippen LogP contribution in [-0.4, -0.2) is 11.1 Å². The summed E-state index contributed by atoms with van der Waals surface area (Å²) >= 11 is 7.47. The molecule has 1 amide bonds. The number of nitrogens with zero attached hydrogens (tertiary/aromatic N) is 1. The van der Waals surface area contributed by atoms with E-state index < -0.39 is 0 Å². The van der Waals surface area contributed by atoms with Gasteiger partial charge in [-0.3, -0.25) is 4.79 Å². The van der Waals surface area contributed by atoms with E-state index in [1.165, 1.54) is 0 Å². The minimum absolute atomic E-state index is 0.149. The average Bonchev–Trinajstić information content (AvgIpc) is 2.93. The SMILES string of the molecule is Cc1noc(C)c1CSc1ccccc1C(=O)Nc1ccc(Cl)cc1. The summed E-state index contributed by atoms with van der Waals surface area (Å²) in [6, 6.07) is 14.6. The zero-order valence-electron chi connectivity index (χ0n) is 13.9. The maximum absolute atomic E-state index is 12.6. The van der Waals surface area contributed by atoms with E-state index in [2.05, 4.69) is 10.5 Å². The minimum atomic E-state index is -0.149. The Morgan fingerprint density at radius 3 is 2.56 bits per heavy atom. The normalized spacial score (nSPS) is 10.7. The summed E-state index contributed by atoms with van der Waals surface area (Å²) in [6.45, 7) is 3.82. The van der Waals surface area contributed by atoms with Gasteiger partial charge < -0.3 is 9.84 Å². The van der Waals surface area contributed by atoms with Crippen molar-refractivity contribution >= 4 is 35.0 Å². The molecule has 0 aliphatic rings. The van der Waals surface area contributed by atoms with Crippen LogP contribution in [0.2, 0.25) is 5.02 Å². The van der Waals surface area contributed by atoms with Gasteiger partial charge in [0.1, 0.15) is 5.76 Å². The van der Waals surface area contributed by atoms with Crippen molar-refractivity contribution in [2.75, 3.05) is 5.32 Å². The monoisotopic (exact) mass is 372 g/mol. The number of hydrogen-bond acceptors (Lipinski definition) is 4. The number of thioether (sulfide) groups is 1. The fourth-order valence-corrected chi connectivity index (χ4v) is 3.70. The van der Waals surface area contributed by atoms with Crippen LogP contribution >= 0.6 is 23.4 Å². The molecule has 1 heterocycles. The van der Waals surface area contributed by atoms with Crippen molar-refractivity contribution < 1.29 is 9.32 Å². The van der Waals surface area contributed by atoms with Gasteiger partial charge in [0.2, 0.25) is 0 Å². The summed E-state index contributed by atoms with van der Waals surface area (Å²) in [4.78, 5) is 13.5. The highest BCUT2D eigenvalue weighted by Crippen LogP contribution is 2.29. The van der Waals surface area contributed by atoms with Gasteiger partial charge in [0.25, 0.3) is 5.91 Å². The van der Waals surface area contributed by atoms with Crippen LogP contribution in [0.25, 0.3) is 0 Å². The molecule has 0 bridgehead atoms. The molecule has 3 rings (SSSR count). The minimum Gasteiger partial charge on any atom is -0.361 e. The van der Waals surface area contributed by atoms with Gasteiger partial charge in [-0.2, -0.15) is 0 Å². The number of anilines is 1. The molecule has 0 radical (unpaired) electrons. The van der Waals surface area contributed by atoms with E-state index in [4.69, 9.17) is 16.1 Å². The molecular weight excluding hydrogens is 356 g/mol. The second kappa shape index (κ2) is 7.76. The molecular formula is C19H17ClN2O2S. The molecule has 0 fully saturated rings. The number of hydrogen-bond donors (Lipinski definition) is 1. The first-order chi connectivity index (χ1) is 12.0. The van der Waals surface area contributed by atoms with Crippen LogP contribution in [0.5, 0.6) is 0 Å². The maximum atomic E-state index is 12.6. The van der Waals surface area contributed by atoms with Crippen molar-refractivity contribution in [1.29, 1.82) is 0 Å². The lowest BCUT2D eigenvalue weighted by Gasteiger charge is -2.10. The van der Waals surface area contributed by atoms with Gasteiger partial charge >= 0.3 is 0 Å². The summed E-state index contributed by atoms with van der Waals surface area (Å²) in [6.07, 6.45) is 0. The van der Waals surface area contributed by atoms with Crippen LogP contribution in [0.3, 0.4) is 0 Å². The summed E-state index contributed by atoms with van der Waals surface area (Å²) in [5.41, 5.74) is 3.29. The molecule has 0 unspecified atom stereocenters. The zero-order valence-corrected chi connectivity index (χ0v) is 15.4. The van der Waals surface area contributed by atoms with E-state index in [-0.39, 0.29) is 5.91 Å². The fourth-order valence-electron chi connectivity index (χ4n) is 2.37. The van der Waals surface area contributed by atoms with E-state index in [0.29, 0.717) is 22.0 Å². The molecule has 25 heavy (non-hydrogen) atoms. The third-order valence-electron chi connectivity index (χ3n) is 3.79. The van der Waals surface area contributed by atoms with Crippen LogP contribution in [0.1, 0.15) is 27.4 Å². The highest BCUT2D eigenvalue weighted by molar-refractivity contribution is 7.98. The first-order valence-corrected chi connectivity index (χ1v) is 9.11. The standard InChI is InChI=1S/C19H17ClN2O2S/c1-12-17(13(2)24-22-12)11-25-18-6-4-3-5-16(18)19(23)21-15-9-7-14(20)8-10-15/h3-10H,11H2,1-2H3,(H,21,23). The smallest absolute Gasteiger partial charge is 0.256 e. The Morgan fingerprint density at radius 2 is 1.88 bits per heavy atom. The first-order valence-electron chi connectivity index (χ1n) is 7.75. The van der Waals surface area contributed by atoms with Crippen LogP contribution < -0.4 is 5.32 Å². The second-order valence-electron chi connectivity index (χ2n) is 5.55. The lowest BCUT2D eigenvalue weighted by atomic mass is 10.2. The van der Waals surface area contributed by atoms with Gasteiger partial charge in [0.05, 0.1) is 11.3 Å². The Kier molecular flexibility index (Phi) is 5.46. The number of amides is 1. The quantitative estimate of drug-likeness (QED) is 0.601.